The predicted octanol–water partition coefficient (Wildman–Crippen LogP) is 6.44. The van der Waals surface area contributed by atoms with Crippen LogP contribution >= 0.6 is 23.2 Å². The number of hydroxylamine groups is 2. The number of carbonyl (C=O) groups is 2. The summed E-state index contributed by atoms with van der Waals surface area (Å²) in [5, 5.41) is 4.13. The van der Waals surface area contributed by atoms with Gasteiger partial charge in [-0.15, -0.1) is 0 Å². The molecule has 0 bridgehead atoms. The first-order valence-electron chi connectivity index (χ1n) is 13.0. The fourth-order valence-corrected chi connectivity index (χ4v) is 5.77. The largest absolute Gasteiger partial charge is 0.493 e. The van der Waals surface area contributed by atoms with Crippen molar-refractivity contribution in [3.8, 4) is 11.5 Å². The SMILES string of the molecule is O=C(c1ccc(S(=O)(=O)Nc2ccccc2Oc2ccc(Cl)cc2Cl)cc1)N(CCC1CCNCC1)OC(=O)C(F)(F)F. The molecule has 43 heavy (non-hydrogen) atoms. The van der Waals surface area contributed by atoms with Crippen molar-refractivity contribution in [1.82, 2.24) is 10.4 Å². The van der Waals surface area contributed by atoms with Crippen LogP contribution in [0.1, 0.15) is 29.6 Å². The second kappa shape index (κ2) is 13.8. The number of hydrogen-bond donors (Lipinski definition) is 2. The van der Waals surface area contributed by atoms with Crippen molar-refractivity contribution in [2.75, 3.05) is 24.4 Å². The molecule has 3 aromatic carbocycles. The first kappa shape index (κ1) is 32.4. The lowest BCUT2D eigenvalue weighted by molar-refractivity contribution is -0.228. The average molecular weight is 660 g/mol. The Labute approximate surface area is 255 Å². The molecule has 0 unspecified atom stereocenters. The fourth-order valence-electron chi connectivity index (χ4n) is 4.25. The molecule has 1 fully saturated rings. The molecule has 0 saturated carbocycles. The predicted molar refractivity (Wildman–Crippen MR) is 154 cm³/mol. The number of nitrogens with zero attached hydrogens (tertiary/aromatic N) is 1. The molecule has 0 spiro atoms. The maximum Gasteiger partial charge on any atom is 0.493 e. The Morgan fingerprint density at radius 2 is 1.65 bits per heavy atom. The van der Waals surface area contributed by atoms with Crippen LogP contribution < -0.4 is 14.8 Å². The van der Waals surface area contributed by atoms with E-state index in [2.05, 4.69) is 14.9 Å². The molecule has 0 radical (unpaired) electrons. The topological polar surface area (TPSA) is 114 Å². The first-order valence-corrected chi connectivity index (χ1v) is 15.2. The van der Waals surface area contributed by atoms with Crippen molar-refractivity contribution in [2.24, 2.45) is 5.92 Å². The monoisotopic (exact) mass is 659 g/mol. The quantitative estimate of drug-likeness (QED) is 0.254. The molecule has 1 aliphatic heterocycles. The van der Waals surface area contributed by atoms with Crippen LogP contribution in [0, 0.1) is 5.92 Å². The van der Waals surface area contributed by atoms with E-state index in [-0.39, 0.29) is 45.1 Å². The Hall–Kier alpha value is -3.52. The van der Waals surface area contributed by atoms with Crippen LogP contribution in [0.3, 0.4) is 0 Å². The van der Waals surface area contributed by atoms with E-state index < -0.39 is 28.1 Å². The number of hydrogen-bond acceptors (Lipinski definition) is 7. The molecular weight excluding hydrogens is 634 g/mol. The molecule has 1 amide bonds. The summed E-state index contributed by atoms with van der Waals surface area (Å²) < 4.78 is 73.2. The number of ether oxygens (including phenoxy) is 1. The van der Waals surface area contributed by atoms with E-state index in [0.717, 1.165) is 50.2 Å². The summed E-state index contributed by atoms with van der Waals surface area (Å²) in [5.41, 5.74) is -0.0998. The number of rotatable bonds is 9. The lowest BCUT2D eigenvalue weighted by Crippen LogP contribution is -2.40. The van der Waals surface area contributed by atoms with E-state index in [1.165, 1.54) is 24.3 Å². The number of benzene rings is 3. The molecule has 1 saturated heterocycles. The number of sulfonamides is 1. The van der Waals surface area contributed by atoms with Gasteiger partial charge < -0.3 is 14.9 Å². The third-order valence-corrected chi connectivity index (χ3v) is 8.42. The van der Waals surface area contributed by atoms with Gasteiger partial charge in [0.25, 0.3) is 15.9 Å². The summed E-state index contributed by atoms with van der Waals surface area (Å²) in [6.45, 7) is 1.20. The van der Waals surface area contributed by atoms with Gasteiger partial charge in [-0.1, -0.05) is 35.3 Å². The lowest BCUT2D eigenvalue weighted by Gasteiger charge is -2.26. The maximum absolute atomic E-state index is 13.2. The number of carbonyl (C=O) groups excluding carboxylic acids is 2. The van der Waals surface area contributed by atoms with Crippen LogP contribution in [0.4, 0.5) is 18.9 Å². The molecule has 15 heteroatoms. The van der Waals surface area contributed by atoms with E-state index in [1.807, 2.05) is 0 Å². The van der Waals surface area contributed by atoms with Crippen molar-refractivity contribution in [2.45, 2.75) is 30.3 Å². The third kappa shape index (κ3) is 8.75. The number of para-hydroxylation sites is 2. The fraction of sp³-hybridized carbons (Fsp3) is 0.286. The second-order valence-corrected chi connectivity index (χ2v) is 12.1. The Morgan fingerprint density at radius 1 is 0.977 bits per heavy atom. The molecule has 9 nitrogen and oxygen atoms in total. The molecular formula is C28H26Cl2F3N3O6S. The number of anilines is 1. The van der Waals surface area contributed by atoms with E-state index >= 15 is 0 Å². The van der Waals surface area contributed by atoms with Gasteiger partial charge in [-0.3, -0.25) is 9.52 Å². The number of amides is 1. The standard InChI is InChI=1S/C28H26Cl2F3N3O6S/c29-20-7-10-24(22(30)17-20)41-25-4-2-1-3-23(25)35-43(39,40)21-8-5-19(6-9-21)26(37)36(42-27(38)28(31,32)33)16-13-18-11-14-34-15-12-18/h1-10,17-18,34-35H,11-16H2. The summed E-state index contributed by atoms with van der Waals surface area (Å²) in [5.74, 6) is -3.06. The molecule has 3 aromatic rings. The Morgan fingerprint density at radius 3 is 2.30 bits per heavy atom. The molecule has 1 aliphatic rings. The molecule has 1 heterocycles. The van der Waals surface area contributed by atoms with E-state index in [0.29, 0.717) is 16.5 Å². The summed E-state index contributed by atoms with van der Waals surface area (Å²) >= 11 is 12.1. The molecule has 0 atom stereocenters. The Bertz CT molecular complexity index is 1570. The highest BCUT2D eigenvalue weighted by molar-refractivity contribution is 7.92. The molecule has 0 aromatic heterocycles. The number of piperidine rings is 1. The molecule has 2 N–H and O–H groups in total. The Balaban J connectivity index is 1.50. The van der Waals surface area contributed by atoms with Gasteiger partial charge in [0.1, 0.15) is 5.75 Å². The zero-order chi connectivity index (χ0) is 31.2. The van der Waals surface area contributed by atoms with Gasteiger partial charge in [-0.25, -0.2) is 13.2 Å². The van der Waals surface area contributed by atoms with Crippen LogP contribution in [0.5, 0.6) is 11.5 Å². The highest BCUT2D eigenvalue weighted by Gasteiger charge is 2.43. The van der Waals surface area contributed by atoms with Crippen LogP contribution in [0.15, 0.2) is 71.6 Å². The van der Waals surface area contributed by atoms with E-state index in [4.69, 9.17) is 27.9 Å². The minimum Gasteiger partial charge on any atom is -0.454 e. The Kier molecular flexibility index (Phi) is 10.4. The normalized spacial score (nSPS) is 14.2. The highest BCUT2D eigenvalue weighted by Crippen LogP contribution is 2.36. The minimum absolute atomic E-state index is 0.0804. The average Bonchev–Trinajstić information content (AvgIpc) is 2.97. The molecule has 0 aliphatic carbocycles. The van der Waals surface area contributed by atoms with Crippen molar-refractivity contribution < 1.29 is 40.8 Å². The van der Waals surface area contributed by atoms with Gasteiger partial charge in [-0.2, -0.15) is 18.2 Å². The van der Waals surface area contributed by atoms with Gasteiger partial charge >= 0.3 is 12.1 Å². The summed E-state index contributed by atoms with van der Waals surface area (Å²) in [7, 11) is -4.22. The van der Waals surface area contributed by atoms with Crippen molar-refractivity contribution in [3.63, 3.8) is 0 Å². The van der Waals surface area contributed by atoms with Gasteiger partial charge in [0, 0.05) is 10.6 Å². The molecule has 230 valence electrons. The first-order chi connectivity index (χ1) is 20.3. The minimum atomic E-state index is -5.31. The van der Waals surface area contributed by atoms with Gasteiger partial charge in [0.05, 0.1) is 22.2 Å². The zero-order valence-electron chi connectivity index (χ0n) is 22.4. The molecule has 4 rings (SSSR count). The maximum atomic E-state index is 13.2. The number of halogens is 5. The van der Waals surface area contributed by atoms with E-state index in [1.54, 1.807) is 18.2 Å². The summed E-state index contributed by atoms with van der Waals surface area (Å²) in [6.07, 6.45) is -3.47. The summed E-state index contributed by atoms with van der Waals surface area (Å²) in [6, 6.07) is 15.2. The van der Waals surface area contributed by atoms with Crippen molar-refractivity contribution in [1.29, 1.82) is 0 Å². The number of alkyl halides is 3. The van der Waals surface area contributed by atoms with Gasteiger partial charge in [-0.05, 0) is 92.9 Å². The number of nitrogens with one attached hydrogen (secondary N) is 2. The lowest BCUT2D eigenvalue weighted by atomic mass is 9.94. The summed E-state index contributed by atoms with van der Waals surface area (Å²) in [4.78, 5) is 28.8. The van der Waals surface area contributed by atoms with Crippen molar-refractivity contribution >= 4 is 50.8 Å². The zero-order valence-corrected chi connectivity index (χ0v) is 24.7. The van der Waals surface area contributed by atoms with Gasteiger partial charge in [0.15, 0.2) is 5.75 Å². The second-order valence-electron chi connectivity index (χ2n) is 9.57. The van der Waals surface area contributed by atoms with E-state index in [9.17, 15) is 31.2 Å². The van der Waals surface area contributed by atoms with Crippen LogP contribution in [0.2, 0.25) is 10.0 Å². The third-order valence-electron chi connectivity index (χ3n) is 6.51. The highest BCUT2D eigenvalue weighted by atomic mass is 35.5. The van der Waals surface area contributed by atoms with Crippen molar-refractivity contribution in [3.05, 3.63) is 82.3 Å². The van der Waals surface area contributed by atoms with Crippen LogP contribution in [-0.4, -0.2) is 51.2 Å². The van der Waals surface area contributed by atoms with Gasteiger partial charge in [0.2, 0.25) is 0 Å². The van der Waals surface area contributed by atoms with Crippen LogP contribution in [0.25, 0.3) is 0 Å². The smallest absolute Gasteiger partial charge is 0.454 e. The van der Waals surface area contributed by atoms with Crippen LogP contribution in [-0.2, 0) is 19.7 Å².